The highest BCUT2D eigenvalue weighted by Gasteiger charge is 2.22. The Morgan fingerprint density at radius 3 is 2.94 bits per heavy atom. The minimum atomic E-state index is 0.769. The third kappa shape index (κ3) is 2.13. The van der Waals surface area contributed by atoms with E-state index >= 15 is 0 Å². The summed E-state index contributed by atoms with van der Waals surface area (Å²) in [7, 11) is 0. The van der Waals surface area contributed by atoms with Gasteiger partial charge in [0.05, 0.1) is 6.61 Å². The molecule has 0 spiro atoms. The normalized spacial score (nSPS) is 25.6. The number of ether oxygens (including phenoxy) is 1. The minimum Gasteiger partial charge on any atom is -0.381 e. The van der Waals surface area contributed by atoms with Crippen molar-refractivity contribution in [1.29, 1.82) is 0 Å². The van der Waals surface area contributed by atoms with E-state index in [0.717, 1.165) is 25.7 Å². The molecule has 2 heterocycles. The topological polar surface area (TPSA) is 12.5 Å². The van der Waals surface area contributed by atoms with Crippen LogP contribution in [0.4, 0.5) is 0 Å². The minimum absolute atomic E-state index is 0.769. The van der Waals surface area contributed by atoms with Crippen molar-refractivity contribution in [3.8, 4) is 0 Å². The number of benzene rings is 1. The number of fused-ring (bicyclic) bond motifs is 1. The van der Waals surface area contributed by atoms with E-state index in [1.807, 2.05) is 0 Å². The van der Waals surface area contributed by atoms with Crippen molar-refractivity contribution in [1.82, 2.24) is 4.90 Å². The molecule has 1 saturated heterocycles. The van der Waals surface area contributed by atoms with Crippen LogP contribution in [0.25, 0.3) is 0 Å². The molecule has 0 radical (unpaired) electrons. The van der Waals surface area contributed by atoms with E-state index < -0.39 is 0 Å². The molecule has 0 amide bonds. The van der Waals surface area contributed by atoms with Gasteiger partial charge in [0.2, 0.25) is 0 Å². The highest BCUT2D eigenvalue weighted by atomic mass is 16.5. The summed E-state index contributed by atoms with van der Waals surface area (Å²) < 4.78 is 5.44. The molecule has 1 unspecified atom stereocenters. The molecular weight excluding hydrogens is 198 g/mol. The average Bonchev–Trinajstić information content (AvgIpc) is 2.82. The van der Waals surface area contributed by atoms with Gasteiger partial charge in [-0.25, -0.2) is 0 Å². The highest BCUT2D eigenvalue weighted by molar-refractivity contribution is 5.29. The van der Waals surface area contributed by atoms with E-state index in [9.17, 15) is 0 Å². The lowest BCUT2D eigenvalue weighted by Crippen LogP contribution is -2.34. The highest BCUT2D eigenvalue weighted by Crippen LogP contribution is 2.21. The quantitative estimate of drug-likeness (QED) is 0.752. The lowest BCUT2D eigenvalue weighted by molar-refractivity contribution is 0.162. The summed E-state index contributed by atoms with van der Waals surface area (Å²) in [6, 6.07) is 8.85. The zero-order chi connectivity index (χ0) is 10.8. The van der Waals surface area contributed by atoms with Gasteiger partial charge in [0.25, 0.3) is 0 Å². The monoisotopic (exact) mass is 217 g/mol. The molecule has 0 bridgehead atoms. The van der Waals surface area contributed by atoms with Crippen LogP contribution < -0.4 is 0 Å². The molecule has 86 valence electrons. The second-order valence-corrected chi connectivity index (χ2v) is 4.98. The van der Waals surface area contributed by atoms with Crippen molar-refractivity contribution in [2.45, 2.75) is 19.4 Å². The molecule has 0 N–H and O–H groups in total. The van der Waals surface area contributed by atoms with Crippen LogP contribution in [-0.2, 0) is 17.7 Å². The average molecular weight is 217 g/mol. The Bertz CT molecular complexity index is 358. The maximum Gasteiger partial charge on any atom is 0.0507 e. The van der Waals surface area contributed by atoms with Gasteiger partial charge >= 0.3 is 0 Å². The van der Waals surface area contributed by atoms with E-state index in [1.54, 1.807) is 5.56 Å². The molecule has 1 fully saturated rings. The fraction of sp³-hybridized carbons (Fsp3) is 0.571. The van der Waals surface area contributed by atoms with Gasteiger partial charge in [-0.1, -0.05) is 24.3 Å². The largest absolute Gasteiger partial charge is 0.381 e. The van der Waals surface area contributed by atoms with Gasteiger partial charge in [0.15, 0.2) is 0 Å². The third-order valence-electron chi connectivity index (χ3n) is 3.75. The van der Waals surface area contributed by atoms with Crippen molar-refractivity contribution in [2.24, 2.45) is 5.92 Å². The van der Waals surface area contributed by atoms with Gasteiger partial charge in [-0.2, -0.15) is 0 Å². The Balaban J connectivity index is 1.63. The second kappa shape index (κ2) is 4.56. The smallest absolute Gasteiger partial charge is 0.0507 e. The molecule has 1 aromatic rings. The van der Waals surface area contributed by atoms with Crippen LogP contribution in [0.2, 0.25) is 0 Å². The van der Waals surface area contributed by atoms with Crippen LogP contribution in [0.3, 0.4) is 0 Å². The lowest BCUT2D eigenvalue weighted by Gasteiger charge is -2.30. The standard InChI is InChI=1S/C14H19NO/c1-2-4-14-10-15(7-5-13(14)3-1)9-12-6-8-16-11-12/h1-4,12H,5-11H2. The van der Waals surface area contributed by atoms with Crippen molar-refractivity contribution >= 4 is 0 Å². The van der Waals surface area contributed by atoms with Gasteiger partial charge < -0.3 is 4.74 Å². The van der Waals surface area contributed by atoms with Crippen molar-refractivity contribution < 1.29 is 4.74 Å². The van der Waals surface area contributed by atoms with E-state index in [1.165, 1.54) is 31.5 Å². The van der Waals surface area contributed by atoms with Crippen LogP contribution in [0.15, 0.2) is 24.3 Å². The first-order valence-electron chi connectivity index (χ1n) is 6.29. The molecule has 2 aliphatic heterocycles. The summed E-state index contributed by atoms with van der Waals surface area (Å²) in [5.74, 6) is 0.769. The van der Waals surface area contributed by atoms with Crippen LogP contribution >= 0.6 is 0 Å². The Morgan fingerprint density at radius 1 is 1.25 bits per heavy atom. The number of hydrogen-bond donors (Lipinski definition) is 0. The van der Waals surface area contributed by atoms with E-state index in [0.29, 0.717) is 0 Å². The Kier molecular flexibility index (Phi) is 2.94. The number of nitrogens with zero attached hydrogens (tertiary/aromatic N) is 1. The third-order valence-corrected chi connectivity index (χ3v) is 3.75. The molecule has 0 aliphatic carbocycles. The zero-order valence-corrected chi connectivity index (χ0v) is 9.69. The van der Waals surface area contributed by atoms with Crippen LogP contribution in [-0.4, -0.2) is 31.2 Å². The van der Waals surface area contributed by atoms with Crippen molar-refractivity contribution in [2.75, 3.05) is 26.3 Å². The number of rotatable bonds is 2. The molecular formula is C14H19NO. The fourth-order valence-corrected chi connectivity index (χ4v) is 2.80. The van der Waals surface area contributed by atoms with Crippen LogP contribution in [0, 0.1) is 5.92 Å². The van der Waals surface area contributed by atoms with Gasteiger partial charge in [0, 0.05) is 26.2 Å². The molecule has 3 rings (SSSR count). The van der Waals surface area contributed by atoms with E-state index in [-0.39, 0.29) is 0 Å². The van der Waals surface area contributed by atoms with Gasteiger partial charge in [-0.3, -0.25) is 4.90 Å². The molecule has 16 heavy (non-hydrogen) atoms. The molecule has 0 aromatic heterocycles. The first-order chi connectivity index (χ1) is 7.92. The summed E-state index contributed by atoms with van der Waals surface area (Å²) in [6.07, 6.45) is 2.46. The van der Waals surface area contributed by atoms with Crippen LogP contribution in [0.1, 0.15) is 17.5 Å². The van der Waals surface area contributed by atoms with Crippen molar-refractivity contribution in [3.05, 3.63) is 35.4 Å². The van der Waals surface area contributed by atoms with Gasteiger partial charge in [-0.05, 0) is 29.9 Å². The molecule has 2 aliphatic rings. The van der Waals surface area contributed by atoms with E-state index in [4.69, 9.17) is 4.74 Å². The molecule has 0 saturated carbocycles. The maximum absolute atomic E-state index is 5.44. The van der Waals surface area contributed by atoms with Crippen molar-refractivity contribution in [3.63, 3.8) is 0 Å². The molecule has 1 aromatic carbocycles. The zero-order valence-electron chi connectivity index (χ0n) is 9.69. The van der Waals surface area contributed by atoms with Crippen LogP contribution in [0.5, 0.6) is 0 Å². The second-order valence-electron chi connectivity index (χ2n) is 4.98. The summed E-state index contributed by atoms with van der Waals surface area (Å²) in [6.45, 7) is 5.50. The Morgan fingerprint density at radius 2 is 2.12 bits per heavy atom. The van der Waals surface area contributed by atoms with Gasteiger partial charge in [-0.15, -0.1) is 0 Å². The Labute approximate surface area is 97.2 Å². The summed E-state index contributed by atoms with van der Waals surface area (Å²) >= 11 is 0. The molecule has 2 heteroatoms. The maximum atomic E-state index is 5.44. The summed E-state index contributed by atoms with van der Waals surface area (Å²) in [5.41, 5.74) is 3.06. The fourth-order valence-electron chi connectivity index (χ4n) is 2.80. The predicted molar refractivity (Wildman–Crippen MR) is 64.3 cm³/mol. The summed E-state index contributed by atoms with van der Waals surface area (Å²) in [4.78, 5) is 2.58. The lowest BCUT2D eigenvalue weighted by atomic mass is 9.98. The first kappa shape index (κ1) is 10.3. The SMILES string of the molecule is c1ccc2c(c1)CCN(CC1CCOC1)C2. The number of hydrogen-bond acceptors (Lipinski definition) is 2. The predicted octanol–water partition coefficient (Wildman–Crippen LogP) is 2.08. The van der Waals surface area contributed by atoms with E-state index in [2.05, 4.69) is 29.2 Å². The van der Waals surface area contributed by atoms with Gasteiger partial charge in [0.1, 0.15) is 0 Å². The first-order valence-corrected chi connectivity index (χ1v) is 6.29. The Hall–Kier alpha value is -0.860. The molecule has 1 atom stereocenters. The summed E-state index contributed by atoms with van der Waals surface area (Å²) in [5, 5.41) is 0. The molecule has 2 nitrogen and oxygen atoms in total.